The molecule has 0 aromatic heterocycles. The minimum atomic E-state index is -2.04. The molecule has 1 aromatic rings. The minimum absolute atomic E-state index is 0.00862. The van der Waals surface area contributed by atoms with Crippen molar-refractivity contribution in [2.45, 2.75) is 70.2 Å². The number of benzene rings is 1. The number of aliphatic carboxylic acids is 1. The number of hydrogen-bond donors (Lipinski definition) is 1. The standard InChI is InChI=1S/C27H39BrO6Si/c1-9-27-20(16(10-11-22(27)33-6)15-34-35(7,8)26(2,3)4)14-19(25(30)31)18-12-17(32-5)13-21(28)23(18)24(27)29/h9,12-13,16,19-20,22H,1,10-11,14-15H2,2-8H3,(H,30,31)/t16-,19-,20+,22-,27+/m0/s1. The van der Waals surface area contributed by atoms with E-state index in [2.05, 4.69) is 56.4 Å². The highest BCUT2D eigenvalue weighted by Gasteiger charge is 2.58. The topological polar surface area (TPSA) is 82.1 Å². The lowest BCUT2D eigenvalue weighted by atomic mass is 9.56. The molecule has 0 spiro atoms. The molecule has 3 rings (SSSR count). The Kier molecular flexibility index (Phi) is 8.12. The van der Waals surface area contributed by atoms with Crippen LogP contribution < -0.4 is 4.74 Å². The Morgan fingerprint density at radius 1 is 1.29 bits per heavy atom. The molecule has 0 amide bonds. The monoisotopic (exact) mass is 566 g/mol. The van der Waals surface area contributed by atoms with Crippen molar-refractivity contribution < 1.29 is 28.6 Å². The molecule has 0 bridgehead atoms. The Bertz CT molecular complexity index is 1000. The number of carbonyl (C=O) groups excluding carboxylic acids is 1. The highest BCUT2D eigenvalue weighted by molar-refractivity contribution is 9.10. The number of hydrogen-bond acceptors (Lipinski definition) is 5. The molecule has 0 aliphatic heterocycles. The summed E-state index contributed by atoms with van der Waals surface area (Å²) in [4.78, 5) is 27.1. The Balaban J connectivity index is 2.18. The average molecular weight is 568 g/mol. The van der Waals surface area contributed by atoms with Crippen LogP contribution in [0.3, 0.4) is 0 Å². The van der Waals surface area contributed by atoms with E-state index in [4.69, 9.17) is 13.9 Å². The molecular formula is C27H39BrO6Si. The largest absolute Gasteiger partial charge is 0.497 e. The molecule has 2 aliphatic carbocycles. The number of halogens is 1. The maximum Gasteiger partial charge on any atom is 0.311 e. The molecule has 2 aliphatic rings. The normalized spacial score (nSPS) is 29.1. The number of methoxy groups -OCH3 is 2. The average Bonchev–Trinajstić information content (AvgIpc) is 2.90. The summed E-state index contributed by atoms with van der Waals surface area (Å²) in [6.45, 7) is 15.6. The lowest BCUT2D eigenvalue weighted by Gasteiger charge is -2.50. The zero-order chi connectivity index (χ0) is 26.3. The Morgan fingerprint density at radius 2 is 1.94 bits per heavy atom. The maximum absolute atomic E-state index is 14.4. The van der Waals surface area contributed by atoms with Crippen LogP contribution in [0.5, 0.6) is 5.75 Å². The van der Waals surface area contributed by atoms with E-state index in [1.807, 2.05) is 0 Å². The van der Waals surface area contributed by atoms with Gasteiger partial charge in [-0.05, 0) is 82.9 Å². The van der Waals surface area contributed by atoms with Crippen LogP contribution in [0.25, 0.3) is 0 Å². The van der Waals surface area contributed by atoms with Crippen LogP contribution in [0.2, 0.25) is 18.1 Å². The Morgan fingerprint density at radius 3 is 2.46 bits per heavy atom. The first kappa shape index (κ1) is 28.1. The third kappa shape index (κ3) is 4.79. The molecule has 35 heavy (non-hydrogen) atoms. The first-order valence-corrected chi connectivity index (χ1v) is 15.9. The summed E-state index contributed by atoms with van der Waals surface area (Å²) in [7, 11) is 1.11. The van der Waals surface area contributed by atoms with Crippen molar-refractivity contribution in [3.8, 4) is 5.75 Å². The van der Waals surface area contributed by atoms with E-state index in [1.54, 1.807) is 25.3 Å². The van der Waals surface area contributed by atoms with Gasteiger partial charge in [-0.3, -0.25) is 9.59 Å². The highest BCUT2D eigenvalue weighted by atomic mass is 79.9. The van der Waals surface area contributed by atoms with Crippen molar-refractivity contribution in [2.24, 2.45) is 17.3 Å². The van der Waals surface area contributed by atoms with E-state index in [0.29, 0.717) is 40.8 Å². The summed E-state index contributed by atoms with van der Waals surface area (Å²) in [5.41, 5.74) is -0.193. The minimum Gasteiger partial charge on any atom is -0.497 e. The Hall–Kier alpha value is -1.48. The SMILES string of the molecule is C=C[C@@]12C(=O)c3c(Br)cc(OC)cc3[C@@H](C(=O)O)C[C@@H]1[C@H](CO[Si](C)(C)C(C)(C)C)CC[C@@H]2OC. The molecule has 8 heteroatoms. The number of carboxylic acid groups (broad SMARTS) is 1. The van der Waals surface area contributed by atoms with Crippen molar-refractivity contribution in [1.82, 2.24) is 0 Å². The van der Waals surface area contributed by atoms with Crippen LogP contribution in [-0.2, 0) is 14.0 Å². The molecule has 0 heterocycles. The van der Waals surface area contributed by atoms with E-state index < -0.39 is 31.7 Å². The van der Waals surface area contributed by atoms with Gasteiger partial charge in [0.15, 0.2) is 14.1 Å². The summed E-state index contributed by atoms with van der Waals surface area (Å²) >= 11 is 3.54. The van der Waals surface area contributed by atoms with Gasteiger partial charge in [-0.25, -0.2) is 0 Å². The van der Waals surface area contributed by atoms with E-state index in [-0.39, 0.29) is 22.7 Å². The van der Waals surface area contributed by atoms with Gasteiger partial charge in [0.05, 0.1) is 24.5 Å². The van der Waals surface area contributed by atoms with E-state index in [0.717, 1.165) is 6.42 Å². The molecule has 0 unspecified atom stereocenters. The molecule has 194 valence electrons. The van der Waals surface area contributed by atoms with Crippen LogP contribution >= 0.6 is 15.9 Å². The quantitative estimate of drug-likeness (QED) is 0.301. The Labute approximate surface area is 218 Å². The second kappa shape index (κ2) is 10.1. The fourth-order valence-electron chi connectivity index (χ4n) is 5.62. The molecule has 1 fully saturated rings. The fraction of sp³-hybridized carbons (Fsp3) is 0.630. The third-order valence-electron chi connectivity index (χ3n) is 8.72. The van der Waals surface area contributed by atoms with Gasteiger partial charge in [0.2, 0.25) is 0 Å². The molecule has 6 nitrogen and oxygen atoms in total. The molecule has 0 saturated heterocycles. The lowest BCUT2D eigenvalue weighted by molar-refractivity contribution is -0.140. The summed E-state index contributed by atoms with van der Waals surface area (Å²) in [6, 6.07) is 3.41. The first-order valence-electron chi connectivity index (χ1n) is 12.2. The first-order chi connectivity index (χ1) is 16.2. The highest BCUT2D eigenvalue weighted by Crippen LogP contribution is 2.56. The second-order valence-corrected chi connectivity index (χ2v) is 17.1. The number of ether oxygens (including phenoxy) is 2. The van der Waals surface area contributed by atoms with Gasteiger partial charge in [-0.15, -0.1) is 6.58 Å². The molecule has 0 radical (unpaired) electrons. The zero-order valence-corrected chi connectivity index (χ0v) is 24.5. The summed E-state index contributed by atoms with van der Waals surface area (Å²) in [5, 5.41) is 10.4. The van der Waals surface area contributed by atoms with Crippen molar-refractivity contribution in [3.05, 3.63) is 40.4 Å². The number of carboxylic acids is 1. The van der Waals surface area contributed by atoms with Gasteiger partial charge in [0, 0.05) is 23.8 Å². The summed E-state index contributed by atoms with van der Waals surface area (Å²) in [5.74, 6) is -1.74. The van der Waals surface area contributed by atoms with Crippen molar-refractivity contribution in [3.63, 3.8) is 0 Å². The van der Waals surface area contributed by atoms with E-state index >= 15 is 0 Å². The molecule has 1 N–H and O–H groups in total. The number of fused-ring (bicyclic) bond motifs is 2. The van der Waals surface area contributed by atoms with Crippen molar-refractivity contribution >= 4 is 36.0 Å². The van der Waals surface area contributed by atoms with Gasteiger partial charge in [-0.2, -0.15) is 0 Å². The third-order valence-corrected chi connectivity index (χ3v) is 13.8. The molecule has 1 aromatic carbocycles. The van der Waals surface area contributed by atoms with Crippen LogP contribution in [0, 0.1) is 17.3 Å². The van der Waals surface area contributed by atoms with Gasteiger partial charge in [0.1, 0.15) is 5.75 Å². The zero-order valence-electron chi connectivity index (χ0n) is 21.9. The van der Waals surface area contributed by atoms with Crippen LogP contribution in [0.15, 0.2) is 29.3 Å². The number of ketones is 1. The number of rotatable bonds is 7. The molecular weight excluding hydrogens is 528 g/mol. The van der Waals surface area contributed by atoms with Crippen molar-refractivity contribution in [2.75, 3.05) is 20.8 Å². The number of Topliss-reactive ketones (excluding diaryl/α,β-unsaturated/α-hetero) is 1. The van der Waals surface area contributed by atoms with E-state index in [9.17, 15) is 14.7 Å². The lowest BCUT2D eigenvalue weighted by Crippen LogP contribution is -2.54. The van der Waals surface area contributed by atoms with Gasteiger partial charge in [-0.1, -0.05) is 26.8 Å². The van der Waals surface area contributed by atoms with Crippen LogP contribution in [-0.4, -0.2) is 52.1 Å². The summed E-state index contributed by atoms with van der Waals surface area (Å²) in [6.07, 6.45) is 3.10. The predicted molar refractivity (Wildman–Crippen MR) is 143 cm³/mol. The molecule has 1 saturated carbocycles. The smallest absolute Gasteiger partial charge is 0.311 e. The predicted octanol–water partition coefficient (Wildman–Crippen LogP) is 6.45. The van der Waals surface area contributed by atoms with Gasteiger partial charge < -0.3 is 19.0 Å². The van der Waals surface area contributed by atoms with Crippen molar-refractivity contribution in [1.29, 1.82) is 0 Å². The van der Waals surface area contributed by atoms with Crippen LogP contribution in [0.4, 0.5) is 0 Å². The number of carbonyl (C=O) groups is 2. The fourth-order valence-corrected chi connectivity index (χ4v) is 7.32. The maximum atomic E-state index is 14.4. The van der Waals surface area contributed by atoms with Crippen LogP contribution in [0.1, 0.15) is 61.9 Å². The summed E-state index contributed by atoms with van der Waals surface area (Å²) < 4.78 is 18.5. The van der Waals surface area contributed by atoms with Gasteiger partial charge in [0.25, 0.3) is 0 Å². The molecule has 5 atom stereocenters. The van der Waals surface area contributed by atoms with Gasteiger partial charge >= 0.3 is 5.97 Å². The second-order valence-electron chi connectivity index (χ2n) is 11.4. The van der Waals surface area contributed by atoms with E-state index in [1.165, 1.54) is 7.11 Å².